The van der Waals surface area contributed by atoms with Gasteiger partial charge in [0.15, 0.2) is 0 Å². The van der Waals surface area contributed by atoms with E-state index in [4.69, 9.17) is 11.6 Å². The van der Waals surface area contributed by atoms with E-state index in [2.05, 4.69) is 35.2 Å². The first-order chi connectivity index (χ1) is 8.65. The van der Waals surface area contributed by atoms with E-state index in [0.29, 0.717) is 17.2 Å². The van der Waals surface area contributed by atoms with E-state index in [1.165, 1.54) is 12.8 Å². The van der Waals surface area contributed by atoms with Crippen LogP contribution in [0.1, 0.15) is 26.7 Å². The van der Waals surface area contributed by atoms with Crippen molar-refractivity contribution in [1.82, 2.24) is 9.97 Å². The summed E-state index contributed by atoms with van der Waals surface area (Å²) in [5, 5.41) is 7.00. The fourth-order valence-corrected chi connectivity index (χ4v) is 3.67. The van der Waals surface area contributed by atoms with E-state index in [1.54, 1.807) is 11.3 Å². The highest BCUT2D eigenvalue weighted by Crippen LogP contribution is 2.35. The lowest BCUT2D eigenvalue weighted by Gasteiger charge is -2.20. The lowest BCUT2D eigenvalue weighted by molar-refractivity contribution is 0.435. The van der Waals surface area contributed by atoms with E-state index in [0.717, 1.165) is 22.0 Å². The zero-order valence-corrected chi connectivity index (χ0v) is 12.1. The number of nitrogens with one attached hydrogen (secondary N) is 1. The molecule has 0 bridgehead atoms. The number of halogens is 1. The lowest BCUT2D eigenvalue weighted by Crippen LogP contribution is -2.24. The molecule has 0 radical (unpaired) electrons. The maximum absolute atomic E-state index is 5.98. The van der Waals surface area contributed by atoms with Crippen molar-refractivity contribution < 1.29 is 0 Å². The van der Waals surface area contributed by atoms with Crippen LogP contribution in [0.5, 0.6) is 0 Å². The average molecular weight is 282 g/mol. The van der Waals surface area contributed by atoms with E-state index in [1.807, 2.05) is 5.38 Å². The smallest absolute Gasteiger partial charge is 0.225 e. The van der Waals surface area contributed by atoms with E-state index < -0.39 is 0 Å². The summed E-state index contributed by atoms with van der Waals surface area (Å²) in [6, 6.07) is 2.55. The summed E-state index contributed by atoms with van der Waals surface area (Å²) in [7, 11) is 0. The van der Waals surface area contributed by atoms with Gasteiger partial charge in [0, 0.05) is 6.04 Å². The normalized spacial score (nSPS) is 27.8. The third-order valence-electron chi connectivity index (χ3n) is 4.09. The van der Waals surface area contributed by atoms with Crippen LogP contribution in [0.3, 0.4) is 0 Å². The van der Waals surface area contributed by atoms with Crippen LogP contribution in [-0.2, 0) is 0 Å². The van der Waals surface area contributed by atoms with Gasteiger partial charge in [0.05, 0.1) is 5.39 Å². The molecule has 1 aliphatic carbocycles. The summed E-state index contributed by atoms with van der Waals surface area (Å²) < 4.78 is 0. The van der Waals surface area contributed by atoms with Gasteiger partial charge in [0.2, 0.25) is 5.28 Å². The molecule has 0 amide bonds. The molecule has 0 saturated heterocycles. The summed E-state index contributed by atoms with van der Waals surface area (Å²) in [5.74, 6) is 2.34. The van der Waals surface area contributed by atoms with Crippen LogP contribution in [0.25, 0.3) is 10.2 Å². The van der Waals surface area contributed by atoms with E-state index in [-0.39, 0.29) is 0 Å². The van der Waals surface area contributed by atoms with Gasteiger partial charge in [-0.2, -0.15) is 0 Å². The molecule has 96 valence electrons. The Kier molecular flexibility index (Phi) is 3.16. The predicted octanol–water partition coefficient (Wildman–Crippen LogP) is 4.19. The van der Waals surface area contributed by atoms with Crippen molar-refractivity contribution >= 4 is 39.0 Å². The van der Waals surface area contributed by atoms with Crippen LogP contribution in [0, 0.1) is 11.8 Å². The molecule has 3 rings (SSSR count). The highest BCUT2D eigenvalue weighted by atomic mass is 35.5. The molecule has 0 aliphatic heterocycles. The van der Waals surface area contributed by atoms with Gasteiger partial charge in [0.25, 0.3) is 0 Å². The van der Waals surface area contributed by atoms with Gasteiger partial charge in [-0.05, 0) is 47.7 Å². The number of hydrogen-bond donors (Lipinski definition) is 1. The standard InChI is InChI=1S/C13H16ClN3S/c1-7-3-4-10(8(7)2)15-11-9-5-6-18-12(9)17-13(14)16-11/h5-8,10H,3-4H2,1-2H3,(H,15,16,17). The van der Waals surface area contributed by atoms with Crippen LogP contribution >= 0.6 is 22.9 Å². The second-order valence-corrected chi connectivity index (χ2v) is 6.38. The van der Waals surface area contributed by atoms with Crippen molar-refractivity contribution in [2.24, 2.45) is 11.8 Å². The zero-order valence-electron chi connectivity index (χ0n) is 10.5. The molecular formula is C13H16ClN3S. The molecule has 3 atom stereocenters. The lowest BCUT2D eigenvalue weighted by atomic mass is 9.98. The largest absolute Gasteiger partial charge is 0.366 e. The van der Waals surface area contributed by atoms with Gasteiger partial charge in [-0.1, -0.05) is 13.8 Å². The van der Waals surface area contributed by atoms with Gasteiger partial charge in [0.1, 0.15) is 10.6 Å². The summed E-state index contributed by atoms with van der Waals surface area (Å²) >= 11 is 7.58. The van der Waals surface area contributed by atoms with Crippen LogP contribution in [-0.4, -0.2) is 16.0 Å². The quantitative estimate of drug-likeness (QED) is 0.839. The van der Waals surface area contributed by atoms with Gasteiger partial charge in [-0.25, -0.2) is 9.97 Å². The van der Waals surface area contributed by atoms with Crippen LogP contribution in [0.4, 0.5) is 5.82 Å². The van der Waals surface area contributed by atoms with Gasteiger partial charge < -0.3 is 5.32 Å². The monoisotopic (exact) mass is 281 g/mol. The number of thiophene rings is 1. The summed E-state index contributed by atoms with van der Waals surface area (Å²) in [5.41, 5.74) is 0. The maximum atomic E-state index is 5.98. The predicted molar refractivity (Wildman–Crippen MR) is 77.4 cm³/mol. The van der Waals surface area contributed by atoms with Crippen molar-refractivity contribution in [3.8, 4) is 0 Å². The van der Waals surface area contributed by atoms with Crippen molar-refractivity contribution in [1.29, 1.82) is 0 Å². The number of hydrogen-bond acceptors (Lipinski definition) is 4. The van der Waals surface area contributed by atoms with Crippen LogP contribution < -0.4 is 5.32 Å². The number of fused-ring (bicyclic) bond motifs is 1. The third kappa shape index (κ3) is 2.08. The topological polar surface area (TPSA) is 37.8 Å². The number of nitrogens with zero attached hydrogens (tertiary/aromatic N) is 2. The molecule has 3 nitrogen and oxygen atoms in total. The molecule has 3 unspecified atom stereocenters. The van der Waals surface area contributed by atoms with E-state index in [9.17, 15) is 0 Å². The Morgan fingerprint density at radius 2 is 2.17 bits per heavy atom. The van der Waals surface area contributed by atoms with Crippen molar-refractivity contribution in [3.63, 3.8) is 0 Å². The average Bonchev–Trinajstić information content (AvgIpc) is 2.90. The molecule has 2 aromatic rings. The molecule has 1 N–H and O–H groups in total. The summed E-state index contributed by atoms with van der Waals surface area (Å²) in [4.78, 5) is 9.54. The fraction of sp³-hybridized carbons (Fsp3) is 0.538. The first-order valence-electron chi connectivity index (χ1n) is 6.32. The Hall–Kier alpha value is -0.870. The Balaban J connectivity index is 1.92. The number of anilines is 1. The Morgan fingerprint density at radius 3 is 2.89 bits per heavy atom. The van der Waals surface area contributed by atoms with Gasteiger partial charge in [-0.15, -0.1) is 11.3 Å². The number of rotatable bonds is 2. The van der Waals surface area contributed by atoms with Gasteiger partial charge >= 0.3 is 0 Å². The first kappa shape index (κ1) is 12.2. The Labute approximate surface area is 116 Å². The zero-order chi connectivity index (χ0) is 12.7. The minimum Gasteiger partial charge on any atom is -0.366 e. The second-order valence-electron chi connectivity index (χ2n) is 5.15. The molecule has 1 saturated carbocycles. The van der Waals surface area contributed by atoms with Crippen molar-refractivity contribution in [3.05, 3.63) is 16.7 Å². The second kappa shape index (κ2) is 4.67. The minimum atomic E-state index is 0.325. The van der Waals surface area contributed by atoms with Crippen molar-refractivity contribution in [2.75, 3.05) is 5.32 Å². The molecule has 1 fully saturated rings. The molecule has 0 spiro atoms. The summed E-state index contributed by atoms with van der Waals surface area (Å²) in [6.45, 7) is 4.63. The van der Waals surface area contributed by atoms with Crippen molar-refractivity contribution in [2.45, 2.75) is 32.7 Å². The van der Waals surface area contributed by atoms with E-state index >= 15 is 0 Å². The molecule has 2 aromatic heterocycles. The minimum absolute atomic E-state index is 0.325. The fourth-order valence-electron chi connectivity index (χ4n) is 2.68. The number of aromatic nitrogens is 2. The Bertz CT molecular complexity index is 568. The third-order valence-corrected chi connectivity index (χ3v) is 5.06. The molecule has 18 heavy (non-hydrogen) atoms. The Morgan fingerprint density at radius 1 is 1.33 bits per heavy atom. The summed E-state index contributed by atoms with van der Waals surface area (Å²) in [6.07, 6.45) is 2.49. The molecular weight excluding hydrogens is 266 g/mol. The van der Waals surface area contributed by atoms with Crippen LogP contribution in [0.15, 0.2) is 11.4 Å². The maximum Gasteiger partial charge on any atom is 0.225 e. The van der Waals surface area contributed by atoms with Crippen LogP contribution in [0.2, 0.25) is 5.28 Å². The molecule has 2 heterocycles. The first-order valence-corrected chi connectivity index (χ1v) is 7.58. The molecule has 5 heteroatoms. The highest BCUT2D eigenvalue weighted by Gasteiger charge is 2.30. The molecule has 1 aliphatic rings. The molecule has 0 aromatic carbocycles. The SMILES string of the molecule is CC1CCC(Nc2nc(Cl)nc3sccc23)C1C. The van der Waals surface area contributed by atoms with Gasteiger partial charge in [-0.3, -0.25) is 0 Å². The highest BCUT2D eigenvalue weighted by molar-refractivity contribution is 7.16.